The minimum Gasteiger partial charge on any atom is -0.310 e. The van der Waals surface area contributed by atoms with E-state index in [4.69, 9.17) is 0 Å². The SMILES string of the molecule is CCCN(CCN(C)C)CC1(CC)CCCN1. The number of rotatable bonds is 8. The molecule has 3 nitrogen and oxygen atoms in total. The van der Waals surface area contributed by atoms with Crippen LogP contribution in [-0.4, -0.2) is 62.2 Å². The van der Waals surface area contributed by atoms with E-state index in [0.29, 0.717) is 5.54 Å². The van der Waals surface area contributed by atoms with Crippen molar-refractivity contribution in [3.8, 4) is 0 Å². The van der Waals surface area contributed by atoms with Gasteiger partial charge in [0.15, 0.2) is 0 Å². The molecule has 0 aromatic rings. The van der Waals surface area contributed by atoms with Gasteiger partial charge in [0.1, 0.15) is 0 Å². The van der Waals surface area contributed by atoms with Crippen LogP contribution in [0.25, 0.3) is 0 Å². The van der Waals surface area contributed by atoms with Crippen molar-refractivity contribution in [1.82, 2.24) is 15.1 Å². The molecule has 17 heavy (non-hydrogen) atoms. The van der Waals surface area contributed by atoms with Gasteiger partial charge in [-0.3, -0.25) is 0 Å². The summed E-state index contributed by atoms with van der Waals surface area (Å²) in [6.07, 6.45) is 5.22. The van der Waals surface area contributed by atoms with Gasteiger partial charge in [-0.15, -0.1) is 0 Å². The van der Waals surface area contributed by atoms with Crippen LogP contribution in [0.3, 0.4) is 0 Å². The van der Waals surface area contributed by atoms with E-state index in [9.17, 15) is 0 Å². The van der Waals surface area contributed by atoms with Crippen LogP contribution in [-0.2, 0) is 0 Å². The largest absolute Gasteiger partial charge is 0.310 e. The quantitative estimate of drug-likeness (QED) is 0.699. The normalized spacial score (nSPS) is 25.1. The van der Waals surface area contributed by atoms with Crippen LogP contribution in [0, 0.1) is 0 Å². The number of hydrogen-bond acceptors (Lipinski definition) is 3. The highest BCUT2D eigenvalue weighted by atomic mass is 15.2. The van der Waals surface area contributed by atoms with E-state index in [1.807, 2.05) is 0 Å². The van der Waals surface area contributed by atoms with Gasteiger partial charge in [-0.05, 0) is 52.9 Å². The first-order chi connectivity index (χ1) is 8.12. The van der Waals surface area contributed by atoms with E-state index >= 15 is 0 Å². The first-order valence-electron chi connectivity index (χ1n) is 7.24. The fourth-order valence-corrected chi connectivity index (χ4v) is 2.77. The van der Waals surface area contributed by atoms with Crippen molar-refractivity contribution < 1.29 is 0 Å². The Labute approximate surface area is 108 Å². The monoisotopic (exact) mass is 241 g/mol. The van der Waals surface area contributed by atoms with E-state index in [-0.39, 0.29) is 0 Å². The highest BCUT2D eigenvalue weighted by Crippen LogP contribution is 2.24. The molecular weight excluding hydrogens is 210 g/mol. The molecular formula is C14H31N3. The van der Waals surface area contributed by atoms with E-state index in [1.54, 1.807) is 0 Å². The topological polar surface area (TPSA) is 18.5 Å². The Morgan fingerprint density at radius 1 is 1.12 bits per heavy atom. The predicted octanol–water partition coefficient (Wildman–Crippen LogP) is 1.79. The van der Waals surface area contributed by atoms with E-state index < -0.39 is 0 Å². The molecule has 0 aromatic heterocycles. The van der Waals surface area contributed by atoms with Crippen molar-refractivity contribution in [2.24, 2.45) is 0 Å². The van der Waals surface area contributed by atoms with Gasteiger partial charge in [0, 0.05) is 25.2 Å². The maximum Gasteiger partial charge on any atom is 0.0306 e. The molecule has 0 radical (unpaired) electrons. The summed E-state index contributed by atoms with van der Waals surface area (Å²) in [4.78, 5) is 4.92. The lowest BCUT2D eigenvalue weighted by molar-refractivity contribution is 0.174. The van der Waals surface area contributed by atoms with Crippen LogP contribution in [0.15, 0.2) is 0 Å². The molecule has 0 aliphatic carbocycles. The van der Waals surface area contributed by atoms with Crippen molar-refractivity contribution in [3.05, 3.63) is 0 Å². The number of likely N-dealkylation sites (N-methyl/N-ethyl adjacent to an activating group) is 1. The van der Waals surface area contributed by atoms with Gasteiger partial charge in [-0.1, -0.05) is 13.8 Å². The minimum absolute atomic E-state index is 0.404. The zero-order chi connectivity index (χ0) is 12.7. The molecule has 0 aromatic carbocycles. The zero-order valence-corrected chi connectivity index (χ0v) is 12.3. The second-order valence-electron chi connectivity index (χ2n) is 5.74. The summed E-state index contributed by atoms with van der Waals surface area (Å²) in [6.45, 7) is 10.6. The van der Waals surface area contributed by atoms with Crippen LogP contribution in [0.4, 0.5) is 0 Å². The highest BCUT2D eigenvalue weighted by Gasteiger charge is 2.32. The van der Waals surface area contributed by atoms with E-state index in [2.05, 4.69) is 43.1 Å². The predicted molar refractivity (Wildman–Crippen MR) is 75.5 cm³/mol. The lowest BCUT2D eigenvalue weighted by Gasteiger charge is -2.35. The molecule has 1 aliphatic heterocycles. The van der Waals surface area contributed by atoms with Crippen molar-refractivity contribution in [3.63, 3.8) is 0 Å². The molecule has 0 amide bonds. The summed E-state index contributed by atoms with van der Waals surface area (Å²) in [7, 11) is 4.32. The van der Waals surface area contributed by atoms with Crippen LogP contribution in [0.2, 0.25) is 0 Å². The molecule has 0 bridgehead atoms. The van der Waals surface area contributed by atoms with Gasteiger partial charge >= 0.3 is 0 Å². The molecule has 1 fully saturated rings. The third-order valence-electron chi connectivity index (χ3n) is 3.94. The van der Waals surface area contributed by atoms with E-state index in [0.717, 1.165) is 0 Å². The summed E-state index contributed by atoms with van der Waals surface area (Å²) < 4.78 is 0. The Morgan fingerprint density at radius 3 is 2.35 bits per heavy atom. The molecule has 1 atom stereocenters. The molecule has 1 saturated heterocycles. The zero-order valence-electron chi connectivity index (χ0n) is 12.3. The van der Waals surface area contributed by atoms with Crippen LogP contribution in [0.1, 0.15) is 39.5 Å². The number of nitrogens with zero attached hydrogens (tertiary/aromatic N) is 2. The fraction of sp³-hybridized carbons (Fsp3) is 1.00. The van der Waals surface area contributed by atoms with Gasteiger partial charge in [0.05, 0.1) is 0 Å². The second-order valence-corrected chi connectivity index (χ2v) is 5.74. The molecule has 0 spiro atoms. The lowest BCUT2D eigenvalue weighted by Crippen LogP contribution is -2.50. The average molecular weight is 241 g/mol. The Morgan fingerprint density at radius 2 is 1.88 bits per heavy atom. The first-order valence-corrected chi connectivity index (χ1v) is 7.24. The summed E-state index contributed by atoms with van der Waals surface area (Å²) in [6, 6.07) is 0. The molecule has 102 valence electrons. The molecule has 3 heteroatoms. The molecule has 1 N–H and O–H groups in total. The van der Waals surface area contributed by atoms with E-state index in [1.165, 1.54) is 58.4 Å². The Bertz CT molecular complexity index is 198. The highest BCUT2D eigenvalue weighted by molar-refractivity contribution is 4.94. The summed E-state index contributed by atoms with van der Waals surface area (Å²) in [5, 5.41) is 3.74. The van der Waals surface area contributed by atoms with Gasteiger partial charge in [-0.25, -0.2) is 0 Å². The molecule has 1 heterocycles. The van der Waals surface area contributed by atoms with Crippen molar-refractivity contribution in [2.75, 3.05) is 46.8 Å². The Kier molecular flexibility index (Phi) is 6.45. The van der Waals surface area contributed by atoms with Gasteiger partial charge in [0.25, 0.3) is 0 Å². The summed E-state index contributed by atoms with van der Waals surface area (Å²) in [5.74, 6) is 0. The van der Waals surface area contributed by atoms with Crippen molar-refractivity contribution in [1.29, 1.82) is 0 Å². The van der Waals surface area contributed by atoms with Crippen LogP contribution >= 0.6 is 0 Å². The third kappa shape index (κ3) is 4.94. The number of nitrogens with one attached hydrogen (secondary N) is 1. The standard InChI is InChI=1S/C14H31N3/c1-5-10-17(12-11-16(3)4)13-14(6-2)8-7-9-15-14/h15H,5-13H2,1-4H3. The third-order valence-corrected chi connectivity index (χ3v) is 3.94. The molecule has 1 rings (SSSR count). The van der Waals surface area contributed by atoms with Gasteiger partial charge < -0.3 is 15.1 Å². The summed E-state index contributed by atoms with van der Waals surface area (Å²) in [5.41, 5.74) is 0.404. The van der Waals surface area contributed by atoms with Crippen LogP contribution in [0.5, 0.6) is 0 Å². The summed E-state index contributed by atoms with van der Waals surface area (Å²) >= 11 is 0. The van der Waals surface area contributed by atoms with Crippen molar-refractivity contribution >= 4 is 0 Å². The molecule has 1 aliphatic rings. The molecule has 0 saturated carbocycles. The maximum absolute atomic E-state index is 3.74. The lowest BCUT2D eigenvalue weighted by atomic mass is 9.93. The average Bonchev–Trinajstić information content (AvgIpc) is 2.75. The van der Waals surface area contributed by atoms with Crippen molar-refractivity contribution in [2.45, 2.75) is 45.1 Å². The maximum atomic E-state index is 3.74. The minimum atomic E-state index is 0.404. The fourth-order valence-electron chi connectivity index (χ4n) is 2.77. The molecule has 1 unspecified atom stereocenters. The van der Waals surface area contributed by atoms with Gasteiger partial charge in [0.2, 0.25) is 0 Å². The Hall–Kier alpha value is -0.120. The second kappa shape index (κ2) is 7.34. The van der Waals surface area contributed by atoms with Crippen LogP contribution < -0.4 is 5.32 Å². The van der Waals surface area contributed by atoms with Gasteiger partial charge in [-0.2, -0.15) is 0 Å². The first kappa shape index (κ1) is 14.9. The Balaban J connectivity index is 2.46. The smallest absolute Gasteiger partial charge is 0.0306 e. The number of hydrogen-bond donors (Lipinski definition) is 1.